The van der Waals surface area contributed by atoms with E-state index in [1.165, 1.54) is 24.8 Å². The van der Waals surface area contributed by atoms with Gasteiger partial charge in [0.15, 0.2) is 0 Å². The lowest BCUT2D eigenvalue weighted by Gasteiger charge is -2.22. The van der Waals surface area contributed by atoms with Crippen molar-refractivity contribution in [2.75, 3.05) is 6.54 Å². The van der Waals surface area contributed by atoms with Crippen LogP contribution in [0.3, 0.4) is 0 Å². The molecule has 1 atom stereocenters. The van der Waals surface area contributed by atoms with E-state index < -0.39 is 0 Å². The molecule has 1 aliphatic rings. The molecule has 0 spiro atoms. The van der Waals surface area contributed by atoms with Crippen molar-refractivity contribution in [1.82, 2.24) is 5.32 Å². The maximum absolute atomic E-state index is 8.87. The van der Waals surface area contributed by atoms with Gasteiger partial charge in [0.2, 0.25) is 0 Å². The van der Waals surface area contributed by atoms with Crippen molar-refractivity contribution in [2.45, 2.75) is 25.3 Å². The smallest absolute Gasteiger partial charge is 0.110 e. The third kappa shape index (κ3) is 1.74. The highest BCUT2D eigenvalue weighted by molar-refractivity contribution is 7.10. The minimum Gasteiger partial charge on any atom is -0.310 e. The monoisotopic (exact) mass is 192 g/mol. The fourth-order valence-electron chi connectivity index (χ4n) is 1.80. The third-order valence-electron chi connectivity index (χ3n) is 2.48. The first-order valence-corrected chi connectivity index (χ1v) is 5.50. The van der Waals surface area contributed by atoms with Gasteiger partial charge in [-0.2, -0.15) is 5.26 Å². The molecule has 1 fully saturated rings. The molecule has 1 saturated heterocycles. The van der Waals surface area contributed by atoms with E-state index in [1.54, 1.807) is 11.3 Å². The van der Waals surface area contributed by atoms with Gasteiger partial charge in [-0.3, -0.25) is 0 Å². The van der Waals surface area contributed by atoms with Crippen LogP contribution < -0.4 is 5.32 Å². The molecule has 0 aliphatic carbocycles. The van der Waals surface area contributed by atoms with Crippen LogP contribution >= 0.6 is 11.3 Å². The first-order valence-electron chi connectivity index (χ1n) is 4.62. The molecule has 3 heteroatoms. The fraction of sp³-hybridized carbons (Fsp3) is 0.500. The van der Waals surface area contributed by atoms with Crippen molar-refractivity contribution in [3.63, 3.8) is 0 Å². The molecule has 1 aliphatic heterocycles. The summed E-state index contributed by atoms with van der Waals surface area (Å²) in [5.74, 6) is 0. The fourth-order valence-corrected chi connectivity index (χ4v) is 2.55. The standard InChI is InChI=1S/C10H12N2S/c11-7-10-8(4-6-13-10)9-3-1-2-5-12-9/h4,6,9,12H,1-3,5H2. The van der Waals surface area contributed by atoms with Crippen LogP contribution in [0.1, 0.15) is 35.7 Å². The largest absolute Gasteiger partial charge is 0.310 e. The van der Waals surface area contributed by atoms with Gasteiger partial charge in [-0.1, -0.05) is 6.42 Å². The van der Waals surface area contributed by atoms with Crippen LogP contribution in [0.4, 0.5) is 0 Å². The van der Waals surface area contributed by atoms with Crippen molar-refractivity contribution >= 4 is 11.3 Å². The summed E-state index contributed by atoms with van der Waals surface area (Å²) < 4.78 is 0. The van der Waals surface area contributed by atoms with Crippen molar-refractivity contribution in [3.05, 3.63) is 21.9 Å². The van der Waals surface area contributed by atoms with E-state index in [0.717, 1.165) is 11.4 Å². The third-order valence-corrected chi connectivity index (χ3v) is 3.32. The maximum Gasteiger partial charge on any atom is 0.110 e. The summed E-state index contributed by atoms with van der Waals surface area (Å²) in [5.41, 5.74) is 1.20. The molecule has 0 amide bonds. The van der Waals surface area contributed by atoms with E-state index in [4.69, 9.17) is 5.26 Å². The van der Waals surface area contributed by atoms with Crippen molar-refractivity contribution < 1.29 is 0 Å². The minimum atomic E-state index is 0.426. The van der Waals surface area contributed by atoms with Gasteiger partial charge in [-0.05, 0) is 36.4 Å². The SMILES string of the molecule is N#Cc1sccc1C1CCCCN1. The normalized spacial score (nSPS) is 22.5. The molecule has 0 saturated carbocycles. The number of rotatable bonds is 1. The van der Waals surface area contributed by atoms with E-state index in [1.807, 2.05) is 5.38 Å². The molecule has 0 radical (unpaired) electrons. The minimum absolute atomic E-state index is 0.426. The molecule has 0 aromatic carbocycles. The first-order chi connectivity index (χ1) is 6.42. The molecule has 2 heterocycles. The maximum atomic E-state index is 8.87. The van der Waals surface area contributed by atoms with Gasteiger partial charge in [0.05, 0.1) is 0 Å². The van der Waals surface area contributed by atoms with Crippen molar-refractivity contribution in [1.29, 1.82) is 5.26 Å². The predicted octanol–water partition coefficient (Wildman–Crippen LogP) is 2.43. The first kappa shape index (κ1) is 8.74. The van der Waals surface area contributed by atoms with Gasteiger partial charge < -0.3 is 5.32 Å². The Morgan fingerprint density at radius 3 is 3.15 bits per heavy atom. The van der Waals surface area contributed by atoms with E-state index in [-0.39, 0.29) is 0 Å². The number of hydrogen-bond donors (Lipinski definition) is 1. The molecule has 1 N–H and O–H groups in total. The van der Waals surface area contributed by atoms with E-state index in [9.17, 15) is 0 Å². The summed E-state index contributed by atoms with van der Waals surface area (Å²) in [6.45, 7) is 1.09. The zero-order valence-electron chi connectivity index (χ0n) is 7.42. The average molecular weight is 192 g/mol. The van der Waals surface area contributed by atoms with Crippen molar-refractivity contribution in [2.24, 2.45) is 0 Å². The second-order valence-corrected chi connectivity index (χ2v) is 4.24. The summed E-state index contributed by atoms with van der Waals surface area (Å²) >= 11 is 1.54. The Morgan fingerprint density at radius 2 is 2.46 bits per heavy atom. The molecule has 1 aromatic heterocycles. The summed E-state index contributed by atoms with van der Waals surface area (Å²) in [6, 6.07) is 4.75. The predicted molar refractivity (Wildman–Crippen MR) is 53.6 cm³/mol. The van der Waals surface area contributed by atoms with E-state index >= 15 is 0 Å². The van der Waals surface area contributed by atoms with Crippen LogP contribution in [0, 0.1) is 11.3 Å². The van der Waals surface area contributed by atoms with E-state index in [0.29, 0.717) is 6.04 Å². The van der Waals surface area contributed by atoms with Gasteiger partial charge in [-0.15, -0.1) is 11.3 Å². The molecule has 13 heavy (non-hydrogen) atoms. The Labute approximate surface area is 82.2 Å². The highest BCUT2D eigenvalue weighted by atomic mass is 32.1. The van der Waals surface area contributed by atoms with Gasteiger partial charge >= 0.3 is 0 Å². The van der Waals surface area contributed by atoms with Crippen LogP contribution in [0.2, 0.25) is 0 Å². The average Bonchev–Trinajstić information content (AvgIpc) is 2.67. The lowest BCUT2D eigenvalue weighted by atomic mass is 9.98. The Bertz CT molecular complexity index is 318. The molecule has 1 unspecified atom stereocenters. The van der Waals surface area contributed by atoms with Gasteiger partial charge in [-0.25, -0.2) is 0 Å². The molecular weight excluding hydrogens is 180 g/mol. The van der Waals surface area contributed by atoms with Crippen LogP contribution in [0.5, 0.6) is 0 Å². The molecule has 0 bridgehead atoms. The Hall–Kier alpha value is -0.850. The number of nitrogens with zero attached hydrogens (tertiary/aromatic N) is 1. The second kappa shape index (κ2) is 3.91. The van der Waals surface area contributed by atoms with Gasteiger partial charge in [0.25, 0.3) is 0 Å². The van der Waals surface area contributed by atoms with Crippen LogP contribution in [-0.4, -0.2) is 6.54 Å². The highest BCUT2D eigenvalue weighted by Crippen LogP contribution is 2.28. The number of thiophene rings is 1. The summed E-state index contributed by atoms with van der Waals surface area (Å²) in [6.07, 6.45) is 3.71. The zero-order chi connectivity index (χ0) is 9.10. The van der Waals surface area contributed by atoms with Gasteiger partial charge in [0, 0.05) is 6.04 Å². The second-order valence-electron chi connectivity index (χ2n) is 3.32. The highest BCUT2D eigenvalue weighted by Gasteiger charge is 2.18. The zero-order valence-corrected chi connectivity index (χ0v) is 8.23. The number of hydrogen-bond acceptors (Lipinski definition) is 3. The molecule has 1 aromatic rings. The quantitative estimate of drug-likeness (QED) is 0.741. The molecule has 2 nitrogen and oxygen atoms in total. The molecule has 2 rings (SSSR count). The Morgan fingerprint density at radius 1 is 1.54 bits per heavy atom. The van der Waals surface area contributed by atoms with Crippen LogP contribution in [-0.2, 0) is 0 Å². The van der Waals surface area contributed by atoms with Crippen molar-refractivity contribution in [3.8, 4) is 6.07 Å². The molecule has 68 valence electrons. The summed E-state index contributed by atoms with van der Waals surface area (Å²) in [7, 11) is 0. The summed E-state index contributed by atoms with van der Waals surface area (Å²) in [5, 5.41) is 14.3. The number of nitriles is 1. The van der Waals surface area contributed by atoms with Gasteiger partial charge in [0.1, 0.15) is 10.9 Å². The number of piperidine rings is 1. The molecular formula is C10H12N2S. The summed E-state index contributed by atoms with van der Waals surface area (Å²) in [4.78, 5) is 0.874. The lowest BCUT2D eigenvalue weighted by Crippen LogP contribution is -2.26. The topological polar surface area (TPSA) is 35.8 Å². The van der Waals surface area contributed by atoms with E-state index in [2.05, 4.69) is 17.5 Å². The Kier molecular flexibility index (Phi) is 2.62. The van der Waals surface area contributed by atoms with Crippen LogP contribution in [0.25, 0.3) is 0 Å². The van der Waals surface area contributed by atoms with Crippen LogP contribution in [0.15, 0.2) is 11.4 Å². The number of nitrogens with one attached hydrogen (secondary N) is 1. The lowest BCUT2D eigenvalue weighted by molar-refractivity contribution is 0.412. The Balaban J connectivity index is 2.19.